The van der Waals surface area contributed by atoms with E-state index in [1.807, 2.05) is 0 Å². The molecule has 0 radical (unpaired) electrons. The van der Waals surface area contributed by atoms with Gasteiger partial charge in [-0.2, -0.15) is 0 Å². The van der Waals surface area contributed by atoms with Crippen molar-refractivity contribution >= 4 is 11.7 Å². The third-order valence-corrected chi connectivity index (χ3v) is 3.93. The molecule has 1 fully saturated rings. The largest absolute Gasteiger partial charge is 0.478 e. The van der Waals surface area contributed by atoms with Crippen molar-refractivity contribution in [2.45, 2.75) is 45.6 Å². The van der Waals surface area contributed by atoms with Crippen LogP contribution in [0.5, 0.6) is 0 Å². The van der Waals surface area contributed by atoms with Gasteiger partial charge in [-0.3, -0.25) is 0 Å². The fraction of sp³-hybridized carbons (Fsp3) is 0.533. The summed E-state index contributed by atoms with van der Waals surface area (Å²) in [4.78, 5) is 11.1. The fourth-order valence-corrected chi connectivity index (χ4v) is 2.60. The number of hydrogen-bond donors (Lipinski definition) is 2. The van der Waals surface area contributed by atoms with Gasteiger partial charge in [0.15, 0.2) is 0 Å². The van der Waals surface area contributed by atoms with Crippen LogP contribution in [0, 0.1) is 11.2 Å². The maximum absolute atomic E-state index is 13.8. The van der Waals surface area contributed by atoms with Crippen LogP contribution < -0.4 is 5.32 Å². The molecule has 0 saturated heterocycles. The zero-order chi connectivity index (χ0) is 14.0. The molecule has 0 heterocycles. The Hall–Kier alpha value is -1.58. The maximum Gasteiger partial charge on any atom is 0.337 e. The van der Waals surface area contributed by atoms with Crippen molar-refractivity contribution in [2.24, 2.45) is 5.41 Å². The Kier molecular flexibility index (Phi) is 3.78. The van der Waals surface area contributed by atoms with E-state index in [0.717, 1.165) is 25.7 Å². The molecule has 19 heavy (non-hydrogen) atoms. The normalized spacial score (nSPS) is 19.1. The number of benzene rings is 1. The number of carboxylic acid groups (broad SMARTS) is 1. The molecule has 0 bridgehead atoms. The minimum atomic E-state index is -1.10. The van der Waals surface area contributed by atoms with Gasteiger partial charge in [-0.1, -0.05) is 19.9 Å². The van der Waals surface area contributed by atoms with E-state index in [4.69, 9.17) is 5.11 Å². The molecule has 1 aliphatic carbocycles. The van der Waals surface area contributed by atoms with Crippen LogP contribution in [0.2, 0.25) is 0 Å². The van der Waals surface area contributed by atoms with Crippen LogP contribution in [0.3, 0.4) is 0 Å². The number of aromatic carboxylic acids is 1. The Balaban J connectivity index is 2.14. The third kappa shape index (κ3) is 3.25. The molecule has 0 unspecified atom stereocenters. The monoisotopic (exact) mass is 265 g/mol. The van der Waals surface area contributed by atoms with E-state index < -0.39 is 11.8 Å². The standard InChI is InChI=1S/C15H20FNO2/c1-15(2)8-6-10(7-9-15)17-13-11(14(18)19)4-3-5-12(13)16/h3-5,10,17H,6-9H2,1-2H3,(H,18,19). The second-order valence-electron chi connectivity index (χ2n) is 6.05. The number of hydrogen-bond acceptors (Lipinski definition) is 2. The van der Waals surface area contributed by atoms with Crippen LogP contribution in [-0.4, -0.2) is 17.1 Å². The lowest BCUT2D eigenvalue weighted by Crippen LogP contribution is -2.30. The first-order chi connectivity index (χ1) is 8.89. The lowest BCUT2D eigenvalue weighted by atomic mass is 9.75. The average molecular weight is 265 g/mol. The van der Waals surface area contributed by atoms with E-state index >= 15 is 0 Å². The Labute approximate surface area is 112 Å². The van der Waals surface area contributed by atoms with Crippen molar-refractivity contribution in [3.63, 3.8) is 0 Å². The fourth-order valence-electron chi connectivity index (χ4n) is 2.60. The van der Waals surface area contributed by atoms with Gasteiger partial charge in [0, 0.05) is 6.04 Å². The van der Waals surface area contributed by atoms with Crippen molar-refractivity contribution in [3.05, 3.63) is 29.6 Å². The molecule has 1 saturated carbocycles. The first-order valence-corrected chi connectivity index (χ1v) is 6.67. The van der Waals surface area contributed by atoms with Gasteiger partial charge >= 0.3 is 5.97 Å². The molecule has 104 valence electrons. The Morgan fingerprint density at radius 1 is 1.37 bits per heavy atom. The van der Waals surface area contributed by atoms with Gasteiger partial charge in [0.2, 0.25) is 0 Å². The first-order valence-electron chi connectivity index (χ1n) is 6.67. The SMILES string of the molecule is CC1(C)CCC(Nc2c(F)cccc2C(=O)O)CC1. The van der Waals surface area contributed by atoms with Crippen LogP contribution in [-0.2, 0) is 0 Å². The van der Waals surface area contributed by atoms with Gasteiger partial charge < -0.3 is 10.4 Å². The third-order valence-electron chi connectivity index (χ3n) is 3.93. The van der Waals surface area contributed by atoms with Crippen molar-refractivity contribution in [3.8, 4) is 0 Å². The minimum absolute atomic E-state index is 0.00448. The molecule has 4 heteroatoms. The minimum Gasteiger partial charge on any atom is -0.478 e. The van der Waals surface area contributed by atoms with Crippen molar-refractivity contribution < 1.29 is 14.3 Å². The van der Waals surface area contributed by atoms with E-state index in [0.29, 0.717) is 5.41 Å². The summed E-state index contributed by atoms with van der Waals surface area (Å²) in [5, 5.41) is 12.2. The number of para-hydroxylation sites is 1. The second kappa shape index (κ2) is 5.19. The highest BCUT2D eigenvalue weighted by molar-refractivity contribution is 5.94. The Morgan fingerprint density at radius 2 is 2.00 bits per heavy atom. The topological polar surface area (TPSA) is 49.3 Å². The highest BCUT2D eigenvalue weighted by atomic mass is 19.1. The number of carbonyl (C=O) groups is 1. The Morgan fingerprint density at radius 3 is 2.58 bits per heavy atom. The summed E-state index contributed by atoms with van der Waals surface area (Å²) < 4.78 is 13.8. The molecule has 2 rings (SSSR count). The summed E-state index contributed by atoms with van der Waals surface area (Å²) in [6, 6.07) is 4.30. The predicted octanol–water partition coefficient (Wildman–Crippen LogP) is 3.90. The molecule has 0 atom stereocenters. The van der Waals surface area contributed by atoms with Gasteiger partial charge in [-0.25, -0.2) is 9.18 Å². The molecule has 1 aliphatic rings. The van der Waals surface area contributed by atoms with Crippen LogP contribution in [0.1, 0.15) is 49.9 Å². The Bertz CT molecular complexity index is 475. The van der Waals surface area contributed by atoms with E-state index in [1.54, 1.807) is 0 Å². The molecule has 1 aromatic carbocycles. The quantitative estimate of drug-likeness (QED) is 0.871. The van der Waals surface area contributed by atoms with Crippen molar-refractivity contribution in [1.29, 1.82) is 0 Å². The maximum atomic E-state index is 13.8. The zero-order valence-corrected chi connectivity index (χ0v) is 11.4. The molecule has 0 aliphatic heterocycles. The van der Waals surface area contributed by atoms with Gasteiger partial charge in [0.1, 0.15) is 5.82 Å². The summed E-state index contributed by atoms with van der Waals surface area (Å²) in [5.41, 5.74) is 0.466. The molecule has 0 aromatic heterocycles. The molecule has 0 amide bonds. The van der Waals surface area contributed by atoms with Crippen LogP contribution in [0.4, 0.5) is 10.1 Å². The highest BCUT2D eigenvalue weighted by Crippen LogP contribution is 2.36. The van der Waals surface area contributed by atoms with Gasteiger partial charge in [-0.15, -0.1) is 0 Å². The molecule has 1 aromatic rings. The first kappa shape index (κ1) is 13.8. The molecular weight excluding hydrogens is 245 g/mol. The predicted molar refractivity (Wildman–Crippen MR) is 73.0 cm³/mol. The van der Waals surface area contributed by atoms with Gasteiger partial charge in [0.25, 0.3) is 0 Å². The number of rotatable bonds is 3. The molecule has 3 nitrogen and oxygen atoms in total. The van der Waals surface area contributed by atoms with Crippen LogP contribution >= 0.6 is 0 Å². The summed E-state index contributed by atoms with van der Waals surface area (Å²) in [6.07, 6.45) is 4.03. The second-order valence-corrected chi connectivity index (χ2v) is 6.05. The molecule has 0 spiro atoms. The lowest BCUT2D eigenvalue weighted by molar-refractivity contribution is 0.0697. The van der Waals surface area contributed by atoms with Crippen LogP contribution in [0.15, 0.2) is 18.2 Å². The van der Waals surface area contributed by atoms with E-state index in [-0.39, 0.29) is 17.3 Å². The highest BCUT2D eigenvalue weighted by Gasteiger charge is 2.28. The number of nitrogens with one attached hydrogen (secondary N) is 1. The van der Waals surface area contributed by atoms with E-state index in [2.05, 4.69) is 19.2 Å². The number of carboxylic acids is 1. The summed E-state index contributed by atoms with van der Waals surface area (Å²) in [7, 11) is 0. The van der Waals surface area contributed by atoms with E-state index in [1.165, 1.54) is 18.2 Å². The zero-order valence-electron chi connectivity index (χ0n) is 11.4. The molecular formula is C15H20FNO2. The van der Waals surface area contributed by atoms with Crippen LogP contribution in [0.25, 0.3) is 0 Å². The lowest BCUT2D eigenvalue weighted by Gasteiger charge is -2.35. The number of halogens is 1. The number of anilines is 1. The van der Waals surface area contributed by atoms with Crippen molar-refractivity contribution in [1.82, 2.24) is 0 Å². The van der Waals surface area contributed by atoms with Crippen molar-refractivity contribution in [2.75, 3.05) is 5.32 Å². The summed E-state index contributed by atoms with van der Waals surface area (Å²) in [5.74, 6) is -1.59. The van der Waals surface area contributed by atoms with Gasteiger partial charge in [0.05, 0.1) is 11.3 Å². The molecule has 2 N–H and O–H groups in total. The summed E-state index contributed by atoms with van der Waals surface area (Å²) in [6.45, 7) is 4.46. The average Bonchev–Trinajstić information content (AvgIpc) is 2.33. The summed E-state index contributed by atoms with van der Waals surface area (Å²) >= 11 is 0. The van der Waals surface area contributed by atoms with Gasteiger partial charge in [-0.05, 0) is 43.2 Å². The smallest absolute Gasteiger partial charge is 0.337 e. The van der Waals surface area contributed by atoms with E-state index in [9.17, 15) is 9.18 Å².